The van der Waals surface area contributed by atoms with Crippen molar-refractivity contribution >= 4 is 17.3 Å². The summed E-state index contributed by atoms with van der Waals surface area (Å²) in [4.78, 5) is 0.0214. The maximum atomic E-state index is 11.1. The van der Waals surface area contributed by atoms with Crippen LogP contribution in [0.4, 0.5) is 5.69 Å². The van der Waals surface area contributed by atoms with Crippen LogP contribution in [0.2, 0.25) is 0 Å². The van der Waals surface area contributed by atoms with Crippen LogP contribution in [0.25, 0.3) is 0 Å². The molecule has 2 unspecified atom stereocenters. The largest absolute Gasteiger partial charge is 0.495 e. The van der Waals surface area contributed by atoms with Gasteiger partial charge in [-0.3, -0.25) is 5.01 Å². The number of nitrogens with zero attached hydrogens (tertiary/aromatic N) is 2. The van der Waals surface area contributed by atoms with E-state index in [9.17, 15) is 5.11 Å². The highest BCUT2D eigenvalue weighted by atomic mass is 35.5. The number of benzene rings is 1. The maximum absolute atomic E-state index is 11.1. The first kappa shape index (κ1) is 17.2. The Morgan fingerprint density at radius 1 is 1.12 bits per heavy atom. The second-order valence-electron chi connectivity index (χ2n) is 9.50. The van der Waals surface area contributed by atoms with Crippen molar-refractivity contribution in [1.29, 1.82) is 0 Å². The molecule has 1 saturated heterocycles. The predicted molar refractivity (Wildman–Crippen MR) is 103 cm³/mol. The summed E-state index contributed by atoms with van der Waals surface area (Å²) in [6.45, 7) is 4.22. The van der Waals surface area contributed by atoms with Crippen molar-refractivity contribution in [3.8, 4) is 5.75 Å². The number of para-hydroxylation sites is 2. The van der Waals surface area contributed by atoms with Gasteiger partial charge in [-0.25, -0.2) is 0 Å². The second-order valence-corrected chi connectivity index (χ2v) is 10.3. The number of aliphatic hydroxyl groups excluding tert-OH is 1. The smallest absolute Gasteiger partial charge is 0.148 e. The van der Waals surface area contributed by atoms with Crippen LogP contribution in [0.15, 0.2) is 24.3 Å². The lowest BCUT2D eigenvalue weighted by molar-refractivity contribution is -0.212. The van der Waals surface area contributed by atoms with Gasteiger partial charge >= 0.3 is 0 Å². The zero-order valence-corrected chi connectivity index (χ0v) is 16.6. The van der Waals surface area contributed by atoms with E-state index in [4.69, 9.17) is 16.3 Å². The summed E-state index contributed by atoms with van der Waals surface area (Å²) in [6, 6.07) is 8.51. The Morgan fingerprint density at radius 3 is 2.38 bits per heavy atom. The van der Waals surface area contributed by atoms with E-state index in [1.807, 2.05) is 18.2 Å². The van der Waals surface area contributed by atoms with Crippen molar-refractivity contribution in [2.45, 2.75) is 68.6 Å². The first-order valence-corrected chi connectivity index (χ1v) is 10.3. The zero-order valence-electron chi connectivity index (χ0n) is 15.9. The normalized spacial score (nSPS) is 43.4. The second kappa shape index (κ2) is 5.52. The molecule has 0 aromatic heterocycles. The van der Waals surface area contributed by atoms with Crippen molar-refractivity contribution < 1.29 is 9.84 Å². The number of hydrogen-bond donors (Lipinski definition) is 1. The molecule has 0 radical (unpaired) electrons. The van der Waals surface area contributed by atoms with Gasteiger partial charge in [0.15, 0.2) is 0 Å². The number of aliphatic hydroxyl groups is 1. The fraction of sp³-hybridized carbons (Fsp3) is 0.714. The van der Waals surface area contributed by atoms with Gasteiger partial charge in [-0.05, 0) is 75.8 Å². The summed E-state index contributed by atoms with van der Waals surface area (Å²) < 4.78 is 5.63. The molecule has 142 valence electrons. The Morgan fingerprint density at radius 2 is 1.77 bits per heavy atom. The monoisotopic (exact) mass is 376 g/mol. The van der Waals surface area contributed by atoms with Crippen LogP contribution in [0.3, 0.4) is 0 Å². The zero-order chi connectivity index (χ0) is 18.3. The first-order chi connectivity index (χ1) is 12.3. The molecule has 1 aromatic rings. The molecule has 4 aliphatic carbocycles. The number of alkyl halides is 1. The van der Waals surface area contributed by atoms with Crippen molar-refractivity contribution in [1.82, 2.24) is 5.01 Å². The van der Waals surface area contributed by atoms with Crippen LogP contribution in [0.1, 0.15) is 46.0 Å². The number of ether oxygens (including phenoxy) is 1. The van der Waals surface area contributed by atoms with Crippen molar-refractivity contribution in [3.05, 3.63) is 24.3 Å². The molecule has 1 N–H and O–H groups in total. The molecule has 5 aliphatic rings. The van der Waals surface area contributed by atoms with E-state index in [1.165, 1.54) is 19.3 Å². The summed E-state index contributed by atoms with van der Waals surface area (Å²) in [5.74, 6) is 2.81. The van der Waals surface area contributed by atoms with Gasteiger partial charge in [-0.15, -0.1) is 11.6 Å². The first-order valence-electron chi connectivity index (χ1n) is 9.92. The maximum Gasteiger partial charge on any atom is 0.148 e. The average Bonchev–Trinajstić information content (AvgIpc) is 2.58. The van der Waals surface area contributed by atoms with E-state index in [1.54, 1.807) is 7.11 Å². The Kier molecular flexibility index (Phi) is 3.64. The van der Waals surface area contributed by atoms with Gasteiger partial charge in [-0.2, -0.15) is 5.01 Å². The topological polar surface area (TPSA) is 35.9 Å². The third-order valence-electron chi connectivity index (χ3n) is 7.43. The van der Waals surface area contributed by atoms with Crippen molar-refractivity contribution in [3.63, 3.8) is 0 Å². The molecular weight excluding hydrogens is 348 g/mol. The number of rotatable bonds is 3. The summed E-state index contributed by atoms with van der Waals surface area (Å²) in [5.41, 5.74) is 0.696. The lowest BCUT2D eigenvalue weighted by atomic mass is 9.53. The summed E-state index contributed by atoms with van der Waals surface area (Å²) in [5, 5.41) is 15.6. The summed E-state index contributed by atoms with van der Waals surface area (Å²) >= 11 is 6.94. The van der Waals surface area contributed by atoms with Crippen LogP contribution in [-0.2, 0) is 0 Å². The summed E-state index contributed by atoms with van der Waals surface area (Å²) in [7, 11) is 1.71. The molecule has 6 rings (SSSR count). The van der Waals surface area contributed by atoms with E-state index in [0.717, 1.165) is 30.2 Å². The third-order valence-corrected chi connectivity index (χ3v) is 7.89. The van der Waals surface area contributed by atoms with Gasteiger partial charge in [0.25, 0.3) is 0 Å². The summed E-state index contributed by atoms with van der Waals surface area (Å²) in [6.07, 6.45) is 5.43. The van der Waals surface area contributed by atoms with Gasteiger partial charge in [0, 0.05) is 10.9 Å². The highest BCUT2D eigenvalue weighted by Gasteiger charge is 2.63. The van der Waals surface area contributed by atoms with Gasteiger partial charge in [-0.1, -0.05) is 12.1 Å². The molecule has 4 bridgehead atoms. The lowest BCUT2D eigenvalue weighted by Crippen LogP contribution is -2.82. The molecule has 5 fully saturated rings. The molecule has 4 nitrogen and oxygen atoms in total. The minimum atomic E-state index is -0.471. The molecule has 1 aliphatic heterocycles. The Hall–Kier alpha value is -0.970. The Bertz CT molecular complexity index is 708. The molecule has 5 heteroatoms. The van der Waals surface area contributed by atoms with E-state index in [2.05, 4.69) is 29.9 Å². The van der Waals surface area contributed by atoms with Crippen LogP contribution in [0, 0.1) is 17.8 Å². The Labute approximate surface area is 161 Å². The lowest BCUT2D eigenvalue weighted by Gasteiger charge is -2.69. The van der Waals surface area contributed by atoms with Crippen LogP contribution in [0.5, 0.6) is 5.75 Å². The van der Waals surface area contributed by atoms with Crippen LogP contribution in [-0.4, -0.2) is 39.9 Å². The van der Waals surface area contributed by atoms with Gasteiger partial charge in [0.05, 0.1) is 18.3 Å². The Balaban J connectivity index is 1.52. The molecule has 1 heterocycles. The van der Waals surface area contributed by atoms with Gasteiger partial charge in [0.2, 0.25) is 0 Å². The van der Waals surface area contributed by atoms with Crippen LogP contribution >= 0.6 is 11.6 Å². The van der Waals surface area contributed by atoms with Gasteiger partial charge in [0.1, 0.15) is 12.0 Å². The van der Waals surface area contributed by atoms with Crippen LogP contribution < -0.4 is 9.75 Å². The minimum Gasteiger partial charge on any atom is -0.495 e. The van der Waals surface area contributed by atoms with E-state index >= 15 is 0 Å². The average molecular weight is 377 g/mol. The minimum absolute atomic E-state index is 0.0214. The molecule has 26 heavy (non-hydrogen) atoms. The third kappa shape index (κ3) is 2.22. The van der Waals surface area contributed by atoms with Gasteiger partial charge < -0.3 is 9.84 Å². The molecule has 3 atom stereocenters. The van der Waals surface area contributed by atoms with E-state index < -0.39 is 6.23 Å². The quantitative estimate of drug-likeness (QED) is 0.808. The number of methoxy groups -OCH3 is 1. The fourth-order valence-corrected chi connectivity index (χ4v) is 7.26. The predicted octanol–water partition coefficient (Wildman–Crippen LogP) is 4.02. The number of halogens is 1. The molecule has 1 aromatic carbocycles. The number of hydrogen-bond acceptors (Lipinski definition) is 4. The number of anilines is 1. The number of hydrazine groups is 1. The highest BCUT2D eigenvalue weighted by Crippen LogP contribution is 2.61. The van der Waals surface area contributed by atoms with E-state index in [-0.39, 0.29) is 10.4 Å². The molecule has 0 amide bonds. The molecule has 4 saturated carbocycles. The SMILES string of the molecule is COc1ccccc1N1N(C2C3CC4CC2CC(Cl)(C4)C3)[C@H](O)C1(C)C. The standard InChI is InChI=1S/C21H29ClN2O2/c1-20(2)19(25)23(24(20)16-6-4-5-7-17(16)26-3)18-14-8-13-9-15(18)12-21(22,10-13)11-14/h4-7,13-15,18-19,25H,8-12H2,1-3H3/t13?,14?,15?,18?,19-,21?/m1/s1. The van der Waals surface area contributed by atoms with Crippen molar-refractivity contribution in [2.24, 2.45) is 17.8 Å². The molecular formula is C21H29ClN2O2. The highest BCUT2D eigenvalue weighted by molar-refractivity contribution is 6.24. The molecule has 0 spiro atoms. The van der Waals surface area contributed by atoms with Crippen molar-refractivity contribution in [2.75, 3.05) is 12.1 Å². The fourth-order valence-electron chi connectivity index (χ4n) is 6.65. The van der Waals surface area contributed by atoms with E-state index in [0.29, 0.717) is 17.9 Å².